The van der Waals surface area contributed by atoms with Crippen LogP contribution < -0.4 is 4.90 Å². The molecule has 2 rings (SSSR count). The maximum absolute atomic E-state index is 13.4. The Morgan fingerprint density at radius 1 is 1.53 bits per heavy atom. The molecule has 5 heteroatoms. The van der Waals surface area contributed by atoms with Crippen LogP contribution in [0.15, 0.2) is 18.2 Å². The number of benzene rings is 1. The topological polar surface area (TPSA) is 47.3 Å². The van der Waals surface area contributed by atoms with Gasteiger partial charge in [0.05, 0.1) is 18.3 Å². The maximum atomic E-state index is 13.4. The first-order valence-corrected chi connectivity index (χ1v) is 5.37. The second kappa shape index (κ2) is 4.68. The number of rotatable bonds is 2. The van der Waals surface area contributed by atoms with E-state index in [9.17, 15) is 8.78 Å². The zero-order valence-corrected chi connectivity index (χ0v) is 9.11. The molecule has 0 aromatic heterocycles. The fraction of sp³-hybridized carbons (Fsp3) is 0.417. The molecule has 1 aromatic carbocycles. The van der Waals surface area contributed by atoms with E-state index in [2.05, 4.69) is 0 Å². The fourth-order valence-electron chi connectivity index (χ4n) is 2.19. The highest BCUT2D eigenvalue weighted by Gasteiger charge is 2.33. The molecule has 3 nitrogen and oxygen atoms in total. The summed E-state index contributed by atoms with van der Waals surface area (Å²) in [6.45, 7) is -0.120. The van der Waals surface area contributed by atoms with Crippen molar-refractivity contribution >= 4 is 5.69 Å². The molecule has 2 atom stereocenters. The Labute approximate surface area is 97.9 Å². The molecule has 0 bridgehead atoms. The minimum absolute atomic E-state index is 0.0867. The van der Waals surface area contributed by atoms with E-state index in [4.69, 9.17) is 10.4 Å². The minimum atomic E-state index is -1.05. The van der Waals surface area contributed by atoms with E-state index in [0.717, 1.165) is 0 Å². The summed E-state index contributed by atoms with van der Waals surface area (Å²) in [4.78, 5) is 1.56. The van der Waals surface area contributed by atoms with Crippen LogP contribution in [0, 0.1) is 17.1 Å². The lowest BCUT2D eigenvalue weighted by atomic mass is 10.1. The molecule has 1 aromatic rings. The summed E-state index contributed by atoms with van der Waals surface area (Å²) in [5.74, 6) is -0.621. The molecule has 0 unspecified atom stereocenters. The van der Waals surface area contributed by atoms with Gasteiger partial charge in [-0.3, -0.25) is 0 Å². The minimum Gasteiger partial charge on any atom is -0.394 e. The van der Waals surface area contributed by atoms with E-state index < -0.39 is 12.0 Å². The van der Waals surface area contributed by atoms with Gasteiger partial charge in [-0.25, -0.2) is 8.78 Å². The summed E-state index contributed by atoms with van der Waals surface area (Å²) >= 11 is 0. The number of alkyl halides is 1. The molecule has 0 spiro atoms. The third kappa shape index (κ3) is 2.08. The highest BCUT2D eigenvalue weighted by atomic mass is 19.1. The molecule has 90 valence electrons. The smallest absolute Gasteiger partial charge is 0.143 e. The Bertz CT molecular complexity index is 458. The summed E-state index contributed by atoms with van der Waals surface area (Å²) in [5.41, 5.74) is 0.256. The molecule has 1 N–H and O–H groups in total. The summed E-state index contributed by atoms with van der Waals surface area (Å²) < 4.78 is 26.7. The van der Waals surface area contributed by atoms with Gasteiger partial charge in [0.2, 0.25) is 0 Å². The highest BCUT2D eigenvalue weighted by Crippen LogP contribution is 2.30. The third-order valence-corrected chi connectivity index (χ3v) is 2.99. The molecule has 0 radical (unpaired) electrons. The second-order valence-electron chi connectivity index (χ2n) is 4.07. The van der Waals surface area contributed by atoms with Crippen molar-refractivity contribution in [3.05, 3.63) is 29.6 Å². The van der Waals surface area contributed by atoms with Gasteiger partial charge in [-0.2, -0.15) is 5.26 Å². The lowest BCUT2D eigenvalue weighted by Gasteiger charge is -2.25. The van der Waals surface area contributed by atoms with Crippen molar-refractivity contribution < 1.29 is 13.9 Å². The van der Waals surface area contributed by atoms with Crippen LogP contribution in [0.25, 0.3) is 0 Å². The number of nitriles is 1. The Kier molecular flexibility index (Phi) is 3.25. The zero-order chi connectivity index (χ0) is 12.4. The molecule has 1 saturated heterocycles. The SMILES string of the molecule is N#Cc1c(F)cccc1N1C[C@@H](F)C[C@H]1CO. The molecular weight excluding hydrogens is 226 g/mol. The van der Waals surface area contributed by atoms with E-state index >= 15 is 0 Å². The summed E-state index contributed by atoms with van der Waals surface area (Å²) in [6.07, 6.45) is -0.848. The van der Waals surface area contributed by atoms with Gasteiger partial charge in [0.15, 0.2) is 0 Å². The number of halogens is 2. The molecule has 1 heterocycles. The Hall–Kier alpha value is -1.67. The predicted molar refractivity (Wildman–Crippen MR) is 58.8 cm³/mol. The highest BCUT2D eigenvalue weighted by molar-refractivity contribution is 5.61. The summed E-state index contributed by atoms with van der Waals surface area (Å²) in [5, 5.41) is 18.1. The summed E-state index contributed by atoms with van der Waals surface area (Å²) in [7, 11) is 0. The molecule has 1 fully saturated rings. The predicted octanol–water partition coefficient (Wildman–Crippen LogP) is 1.61. The lowest BCUT2D eigenvalue weighted by molar-refractivity contribution is 0.255. The largest absolute Gasteiger partial charge is 0.394 e. The van der Waals surface area contributed by atoms with Gasteiger partial charge in [0, 0.05) is 13.0 Å². The van der Waals surface area contributed by atoms with E-state index in [0.29, 0.717) is 5.69 Å². The number of anilines is 1. The van der Waals surface area contributed by atoms with Gasteiger partial charge in [-0.1, -0.05) is 6.07 Å². The average Bonchev–Trinajstić information content (AvgIpc) is 2.70. The molecule has 17 heavy (non-hydrogen) atoms. The molecule has 0 aliphatic carbocycles. The molecule has 1 aliphatic heterocycles. The number of nitrogens with zero attached hydrogens (tertiary/aromatic N) is 2. The number of hydrogen-bond acceptors (Lipinski definition) is 3. The van der Waals surface area contributed by atoms with E-state index in [1.807, 2.05) is 0 Å². The molecule has 0 amide bonds. The van der Waals surface area contributed by atoms with Crippen LogP contribution >= 0.6 is 0 Å². The van der Waals surface area contributed by atoms with E-state index in [1.165, 1.54) is 12.1 Å². The third-order valence-electron chi connectivity index (χ3n) is 2.99. The first kappa shape index (κ1) is 11.8. The van der Waals surface area contributed by atoms with Gasteiger partial charge >= 0.3 is 0 Å². The van der Waals surface area contributed by atoms with E-state index in [1.54, 1.807) is 17.0 Å². The van der Waals surface area contributed by atoms with Crippen molar-refractivity contribution in [2.75, 3.05) is 18.1 Å². The first-order chi connectivity index (χ1) is 8.17. The van der Waals surface area contributed by atoms with Crippen molar-refractivity contribution in [1.82, 2.24) is 0 Å². The van der Waals surface area contributed by atoms with Gasteiger partial charge in [-0.15, -0.1) is 0 Å². The quantitative estimate of drug-likeness (QED) is 0.851. The van der Waals surface area contributed by atoms with Gasteiger partial charge in [0.25, 0.3) is 0 Å². The van der Waals surface area contributed by atoms with Crippen molar-refractivity contribution in [2.45, 2.75) is 18.6 Å². The van der Waals surface area contributed by atoms with Crippen LogP contribution in [-0.4, -0.2) is 30.5 Å². The molecule has 1 aliphatic rings. The van der Waals surface area contributed by atoms with Crippen LogP contribution in [0.4, 0.5) is 14.5 Å². The normalized spacial score (nSPS) is 23.8. The maximum Gasteiger partial charge on any atom is 0.143 e. The lowest BCUT2D eigenvalue weighted by Crippen LogP contribution is -2.33. The monoisotopic (exact) mass is 238 g/mol. The van der Waals surface area contributed by atoms with Gasteiger partial charge in [-0.05, 0) is 12.1 Å². The average molecular weight is 238 g/mol. The Morgan fingerprint density at radius 3 is 2.94 bits per heavy atom. The first-order valence-electron chi connectivity index (χ1n) is 5.37. The van der Waals surface area contributed by atoms with Crippen molar-refractivity contribution in [3.8, 4) is 6.07 Å². The van der Waals surface area contributed by atoms with Crippen molar-refractivity contribution in [1.29, 1.82) is 5.26 Å². The zero-order valence-electron chi connectivity index (χ0n) is 9.11. The Morgan fingerprint density at radius 2 is 2.29 bits per heavy atom. The van der Waals surface area contributed by atoms with Crippen molar-refractivity contribution in [2.24, 2.45) is 0 Å². The number of aliphatic hydroxyl groups is 1. The van der Waals surface area contributed by atoms with Crippen LogP contribution in [-0.2, 0) is 0 Å². The van der Waals surface area contributed by atoms with Crippen LogP contribution in [0.3, 0.4) is 0 Å². The Balaban J connectivity index is 2.40. The molecule has 0 saturated carbocycles. The summed E-state index contributed by atoms with van der Waals surface area (Å²) in [6, 6.07) is 5.63. The number of hydrogen-bond donors (Lipinski definition) is 1. The van der Waals surface area contributed by atoms with Gasteiger partial charge < -0.3 is 10.0 Å². The van der Waals surface area contributed by atoms with Crippen LogP contribution in [0.5, 0.6) is 0 Å². The van der Waals surface area contributed by atoms with Crippen LogP contribution in [0.2, 0.25) is 0 Å². The van der Waals surface area contributed by atoms with Crippen LogP contribution in [0.1, 0.15) is 12.0 Å². The fourth-order valence-corrected chi connectivity index (χ4v) is 2.19. The molecular formula is C12H12F2N2O. The standard InChI is InChI=1S/C12H12F2N2O/c13-8-4-9(7-17)16(6-8)12-3-1-2-11(14)10(12)5-15/h1-3,8-9,17H,4,6-7H2/t8-,9-/m0/s1. The van der Waals surface area contributed by atoms with Gasteiger partial charge in [0.1, 0.15) is 23.6 Å². The second-order valence-corrected chi connectivity index (χ2v) is 4.07. The van der Waals surface area contributed by atoms with Crippen molar-refractivity contribution in [3.63, 3.8) is 0 Å². The van der Waals surface area contributed by atoms with E-state index in [-0.39, 0.29) is 31.2 Å². The number of aliphatic hydroxyl groups excluding tert-OH is 1.